The van der Waals surface area contributed by atoms with E-state index in [9.17, 15) is 4.79 Å². The third-order valence-corrected chi connectivity index (χ3v) is 3.93. The van der Waals surface area contributed by atoms with Gasteiger partial charge in [0.1, 0.15) is 6.10 Å². The lowest BCUT2D eigenvalue weighted by atomic mass is 10.1. The van der Waals surface area contributed by atoms with Gasteiger partial charge in [-0.15, -0.1) is 0 Å². The number of hydrogen-bond acceptors (Lipinski definition) is 5. The molecule has 0 aromatic heterocycles. The fourth-order valence-corrected chi connectivity index (χ4v) is 2.32. The molecule has 0 aliphatic heterocycles. The molecule has 28 heavy (non-hydrogen) atoms. The van der Waals surface area contributed by atoms with Gasteiger partial charge >= 0.3 is 5.97 Å². The fraction of sp³-hybridized carbons (Fsp3) is 0.609. The summed E-state index contributed by atoms with van der Waals surface area (Å²) in [7, 11) is 0. The highest BCUT2D eigenvalue weighted by Crippen LogP contribution is 2.03. The molecule has 0 saturated carbocycles. The SMILES string of the molecule is C[C@H](O)CCC/C=C\C/C=C\C/C=C\C/C=C\CCCC(=O)OC(CO)CO. The predicted molar refractivity (Wildman–Crippen MR) is 114 cm³/mol. The van der Waals surface area contributed by atoms with Crippen molar-refractivity contribution in [2.24, 2.45) is 0 Å². The number of allylic oxidation sites excluding steroid dienone is 8. The fourth-order valence-electron chi connectivity index (χ4n) is 2.32. The number of aliphatic hydroxyl groups excluding tert-OH is 3. The van der Waals surface area contributed by atoms with E-state index in [1.54, 1.807) is 0 Å². The van der Waals surface area contributed by atoms with E-state index < -0.39 is 6.10 Å². The molecule has 160 valence electrons. The van der Waals surface area contributed by atoms with Gasteiger partial charge in [0.15, 0.2) is 0 Å². The van der Waals surface area contributed by atoms with Gasteiger partial charge in [-0.05, 0) is 58.3 Å². The van der Waals surface area contributed by atoms with Crippen LogP contribution in [0.5, 0.6) is 0 Å². The normalized spacial score (nSPS) is 13.6. The first-order chi connectivity index (χ1) is 13.6. The molecule has 0 spiro atoms. The lowest BCUT2D eigenvalue weighted by molar-refractivity contribution is -0.153. The third-order valence-electron chi connectivity index (χ3n) is 3.93. The van der Waals surface area contributed by atoms with Gasteiger partial charge in [0, 0.05) is 6.42 Å². The molecule has 0 fully saturated rings. The second-order valence-electron chi connectivity index (χ2n) is 6.74. The molecule has 1 atom stereocenters. The van der Waals surface area contributed by atoms with Crippen LogP contribution < -0.4 is 0 Å². The monoisotopic (exact) mass is 394 g/mol. The van der Waals surface area contributed by atoms with Gasteiger partial charge < -0.3 is 20.1 Å². The van der Waals surface area contributed by atoms with Gasteiger partial charge in [0.25, 0.3) is 0 Å². The van der Waals surface area contributed by atoms with Crippen molar-refractivity contribution in [2.75, 3.05) is 13.2 Å². The smallest absolute Gasteiger partial charge is 0.306 e. The van der Waals surface area contributed by atoms with E-state index in [-0.39, 0.29) is 31.7 Å². The second-order valence-corrected chi connectivity index (χ2v) is 6.74. The maximum Gasteiger partial charge on any atom is 0.306 e. The number of aliphatic hydroxyl groups is 3. The van der Waals surface area contributed by atoms with Gasteiger partial charge in [-0.25, -0.2) is 0 Å². The number of esters is 1. The molecule has 0 saturated heterocycles. The Morgan fingerprint density at radius 1 is 0.821 bits per heavy atom. The lowest BCUT2D eigenvalue weighted by Gasteiger charge is -2.11. The zero-order chi connectivity index (χ0) is 20.9. The Balaban J connectivity index is 3.56. The van der Waals surface area contributed by atoms with Crippen LogP contribution in [0.25, 0.3) is 0 Å². The van der Waals surface area contributed by atoms with Crippen LogP contribution in [-0.2, 0) is 9.53 Å². The Morgan fingerprint density at radius 2 is 1.29 bits per heavy atom. The van der Waals surface area contributed by atoms with E-state index in [1.165, 1.54) is 0 Å². The van der Waals surface area contributed by atoms with Crippen LogP contribution in [0.4, 0.5) is 0 Å². The highest BCUT2D eigenvalue weighted by atomic mass is 16.6. The maximum atomic E-state index is 11.4. The summed E-state index contributed by atoms with van der Waals surface area (Å²) >= 11 is 0. The Labute approximate surface area is 170 Å². The highest BCUT2D eigenvalue weighted by molar-refractivity contribution is 5.69. The Hall–Kier alpha value is -1.69. The average Bonchev–Trinajstić information content (AvgIpc) is 2.68. The van der Waals surface area contributed by atoms with E-state index in [0.717, 1.165) is 44.9 Å². The molecule has 0 aliphatic rings. The van der Waals surface area contributed by atoms with Gasteiger partial charge in [-0.1, -0.05) is 48.6 Å². The van der Waals surface area contributed by atoms with Crippen LogP contribution in [0, 0.1) is 0 Å². The van der Waals surface area contributed by atoms with Crippen molar-refractivity contribution < 1.29 is 24.9 Å². The summed E-state index contributed by atoms with van der Waals surface area (Å²) in [6.07, 6.45) is 23.5. The van der Waals surface area contributed by atoms with Crippen molar-refractivity contribution in [3.63, 3.8) is 0 Å². The molecule has 0 aromatic rings. The van der Waals surface area contributed by atoms with Crippen molar-refractivity contribution in [1.29, 1.82) is 0 Å². The van der Waals surface area contributed by atoms with Gasteiger partial charge in [-0.2, -0.15) is 0 Å². The first-order valence-electron chi connectivity index (χ1n) is 10.3. The summed E-state index contributed by atoms with van der Waals surface area (Å²) < 4.78 is 4.89. The third kappa shape index (κ3) is 19.1. The topological polar surface area (TPSA) is 87.0 Å². The van der Waals surface area contributed by atoms with E-state index >= 15 is 0 Å². The first-order valence-corrected chi connectivity index (χ1v) is 10.3. The highest BCUT2D eigenvalue weighted by Gasteiger charge is 2.11. The molecule has 0 heterocycles. The molecule has 5 heteroatoms. The van der Waals surface area contributed by atoms with Gasteiger partial charge in [0.2, 0.25) is 0 Å². The zero-order valence-electron chi connectivity index (χ0n) is 17.2. The Bertz CT molecular complexity index is 473. The van der Waals surface area contributed by atoms with Crippen LogP contribution in [0.15, 0.2) is 48.6 Å². The standard InChI is InChI=1S/C23H38O5/c1-21(26)17-15-13-11-9-7-5-3-2-4-6-8-10-12-14-16-18-23(27)28-22(19-24)20-25/h3-6,9-12,21-22,24-26H,2,7-8,13-20H2,1H3/b5-3-,6-4-,11-9-,12-10-/t21-/m0/s1. The van der Waals surface area contributed by atoms with Gasteiger partial charge in [0.05, 0.1) is 19.3 Å². The van der Waals surface area contributed by atoms with Crippen molar-refractivity contribution in [3.8, 4) is 0 Å². The van der Waals surface area contributed by atoms with Crippen LogP contribution in [0.1, 0.15) is 64.7 Å². The average molecular weight is 395 g/mol. The van der Waals surface area contributed by atoms with E-state index in [0.29, 0.717) is 6.42 Å². The summed E-state index contributed by atoms with van der Waals surface area (Å²) in [6, 6.07) is 0. The lowest BCUT2D eigenvalue weighted by Crippen LogP contribution is -2.25. The second kappa shape index (κ2) is 20.1. The molecule has 0 aromatic carbocycles. The Kier molecular flexibility index (Phi) is 18.8. The van der Waals surface area contributed by atoms with Crippen molar-refractivity contribution in [1.82, 2.24) is 0 Å². The minimum Gasteiger partial charge on any atom is -0.457 e. The molecule has 0 aliphatic carbocycles. The Morgan fingerprint density at radius 3 is 1.75 bits per heavy atom. The molecule has 0 radical (unpaired) electrons. The minimum atomic E-state index is -0.806. The molecule has 0 bridgehead atoms. The van der Waals surface area contributed by atoms with E-state index in [4.69, 9.17) is 20.1 Å². The van der Waals surface area contributed by atoms with Crippen LogP contribution in [0.2, 0.25) is 0 Å². The van der Waals surface area contributed by atoms with E-state index in [1.807, 2.05) is 13.0 Å². The molecule has 0 unspecified atom stereocenters. The number of unbranched alkanes of at least 4 members (excludes halogenated alkanes) is 2. The molecule has 0 amide bonds. The number of carbonyl (C=O) groups is 1. The molecule has 3 N–H and O–H groups in total. The summed E-state index contributed by atoms with van der Waals surface area (Å²) in [4.78, 5) is 11.4. The quantitative estimate of drug-likeness (QED) is 0.197. The van der Waals surface area contributed by atoms with Gasteiger partial charge in [-0.3, -0.25) is 4.79 Å². The predicted octanol–water partition coefficient (Wildman–Crippen LogP) is 4.00. The maximum absolute atomic E-state index is 11.4. The van der Waals surface area contributed by atoms with E-state index in [2.05, 4.69) is 42.5 Å². The first kappa shape index (κ1) is 26.3. The summed E-state index contributed by atoms with van der Waals surface area (Å²) in [6.45, 7) is 1.11. The number of hydrogen-bond donors (Lipinski definition) is 3. The number of ether oxygens (including phenoxy) is 1. The van der Waals surface area contributed by atoms with Crippen molar-refractivity contribution in [3.05, 3.63) is 48.6 Å². The molecule has 5 nitrogen and oxygen atoms in total. The van der Waals surface area contributed by atoms with Crippen LogP contribution in [0.3, 0.4) is 0 Å². The summed E-state index contributed by atoms with van der Waals surface area (Å²) in [5.41, 5.74) is 0. The number of rotatable bonds is 17. The summed E-state index contributed by atoms with van der Waals surface area (Å²) in [5.74, 6) is -0.386. The van der Waals surface area contributed by atoms with Crippen LogP contribution in [-0.4, -0.2) is 46.7 Å². The molecular formula is C23H38O5. The van der Waals surface area contributed by atoms with Crippen LogP contribution >= 0.6 is 0 Å². The number of carbonyl (C=O) groups excluding carboxylic acids is 1. The van der Waals surface area contributed by atoms with Crippen molar-refractivity contribution >= 4 is 5.97 Å². The van der Waals surface area contributed by atoms with Crippen molar-refractivity contribution in [2.45, 2.75) is 76.9 Å². The molecular weight excluding hydrogens is 356 g/mol. The minimum absolute atomic E-state index is 0.198. The zero-order valence-corrected chi connectivity index (χ0v) is 17.2. The summed E-state index contributed by atoms with van der Waals surface area (Å²) in [5, 5.41) is 26.8. The molecule has 0 rings (SSSR count). The largest absolute Gasteiger partial charge is 0.457 e.